The van der Waals surface area contributed by atoms with Crippen LogP contribution < -0.4 is 0 Å². The zero-order valence-electron chi connectivity index (χ0n) is 10.9. The standard InChI is InChI=1S/C15H13N3O2/c1-10-2-3-12(13(19)8-10)15-17-14(18-20-15)9-11-4-6-16-7-5-11/h2-8,19H,9H2,1H3. The van der Waals surface area contributed by atoms with Gasteiger partial charge in [0, 0.05) is 18.8 Å². The molecular formula is C15H13N3O2. The summed E-state index contributed by atoms with van der Waals surface area (Å²) in [4.78, 5) is 8.27. The third-order valence-corrected chi connectivity index (χ3v) is 2.96. The van der Waals surface area contributed by atoms with Gasteiger partial charge in [0.2, 0.25) is 0 Å². The maximum atomic E-state index is 9.91. The van der Waals surface area contributed by atoms with E-state index in [0.717, 1.165) is 11.1 Å². The van der Waals surface area contributed by atoms with Gasteiger partial charge in [0.1, 0.15) is 5.75 Å². The second kappa shape index (κ2) is 5.13. The maximum Gasteiger partial charge on any atom is 0.261 e. The van der Waals surface area contributed by atoms with Crippen LogP contribution in [0.3, 0.4) is 0 Å². The second-order valence-electron chi connectivity index (χ2n) is 4.57. The Hall–Kier alpha value is -2.69. The van der Waals surface area contributed by atoms with E-state index in [1.165, 1.54) is 0 Å². The van der Waals surface area contributed by atoms with E-state index in [1.807, 2.05) is 25.1 Å². The van der Waals surface area contributed by atoms with E-state index in [4.69, 9.17) is 4.52 Å². The highest BCUT2D eigenvalue weighted by atomic mass is 16.5. The van der Waals surface area contributed by atoms with Crippen molar-refractivity contribution >= 4 is 0 Å². The number of pyridine rings is 1. The molecule has 2 aromatic heterocycles. The van der Waals surface area contributed by atoms with E-state index in [2.05, 4.69) is 15.1 Å². The van der Waals surface area contributed by atoms with Gasteiger partial charge in [-0.3, -0.25) is 4.98 Å². The van der Waals surface area contributed by atoms with Crippen molar-refractivity contribution < 1.29 is 9.63 Å². The fourth-order valence-corrected chi connectivity index (χ4v) is 1.94. The molecule has 0 unspecified atom stereocenters. The molecule has 20 heavy (non-hydrogen) atoms. The summed E-state index contributed by atoms with van der Waals surface area (Å²) < 4.78 is 5.21. The Labute approximate surface area is 115 Å². The van der Waals surface area contributed by atoms with Gasteiger partial charge < -0.3 is 9.63 Å². The highest BCUT2D eigenvalue weighted by molar-refractivity contribution is 5.62. The summed E-state index contributed by atoms with van der Waals surface area (Å²) >= 11 is 0. The molecule has 0 aliphatic heterocycles. The van der Waals surface area contributed by atoms with E-state index in [0.29, 0.717) is 23.7 Å². The molecule has 0 saturated carbocycles. The topological polar surface area (TPSA) is 72.0 Å². The van der Waals surface area contributed by atoms with Gasteiger partial charge >= 0.3 is 0 Å². The minimum atomic E-state index is 0.143. The number of rotatable bonds is 3. The highest BCUT2D eigenvalue weighted by Gasteiger charge is 2.13. The molecular weight excluding hydrogens is 254 g/mol. The molecule has 1 N–H and O–H groups in total. The van der Waals surface area contributed by atoms with Crippen molar-refractivity contribution in [2.24, 2.45) is 0 Å². The van der Waals surface area contributed by atoms with Gasteiger partial charge in [-0.1, -0.05) is 11.2 Å². The molecule has 0 spiro atoms. The van der Waals surface area contributed by atoms with E-state index in [9.17, 15) is 5.11 Å². The number of phenols is 1. The molecule has 2 heterocycles. The van der Waals surface area contributed by atoms with E-state index < -0.39 is 0 Å². The number of aromatic nitrogens is 3. The largest absolute Gasteiger partial charge is 0.507 e. The van der Waals surface area contributed by atoms with Gasteiger partial charge in [0.25, 0.3) is 5.89 Å². The molecule has 5 heteroatoms. The highest BCUT2D eigenvalue weighted by Crippen LogP contribution is 2.28. The van der Waals surface area contributed by atoms with Crippen LogP contribution in [0.4, 0.5) is 0 Å². The predicted octanol–water partition coefficient (Wildman–Crippen LogP) is 2.74. The normalized spacial score (nSPS) is 10.7. The smallest absolute Gasteiger partial charge is 0.261 e. The maximum absolute atomic E-state index is 9.91. The van der Waals surface area contributed by atoms with Gasteiger partial charge in [-0.15, -0.1) is 0 Å². The van der Waals surface area contributed by atoms with Crippen LogP contribution in [0.25, 0.3) is 11.5 Å². The average Bonchev–Trinajstić information content (AvgIpc) is 2.88. The zero-order chi connectivity index (χ0) is 13.9. The molecule has 100 valence electrons. The minimum absolute atomic E-state index is 0.143. The lowest BCUT2D eigenvalue weighted by Crippen LogP contribution is -1.90. The summed E-state index contributed by atoms with van der Waals surface area (Å²) in [7, 11) is 0. The van der Waals surface area contributed by atoms with Crippen molar-refractivity contribution in [1.82, 2.24) is 15.1 Å². The van der Waals surface area contributed by atoms with Crippen LogP contribution >= 0.6 is 0 Å². The van der Waals surface area contributed by atoms with Gasteiger partial charge in [-0.05, 0) is 42.3 Å². The van der Waals surface area contributed by atoms with Crippen molar-refractivity contribution in [2.75, 3.05) is 0 Å². The Balaban J connectivity index is 1.87. The SMILES string of the molecule is Cc1ccc(-c2nc(Cc3ccncc3)no2)c(O)c1. The zero-order valence-corrected chi connectivity index (χ0v) is 10.9. The lowest BCUT2D eigenvalue weighted by Gasteiger charge is -1.99. The van der Waals surface area contributed by atoms with Gasteiger partial charge in [0.15, 0.2) is 5.82 Å². The van der Waals surface area contributed by atoms with E-state index in [-0.39, 0.29) is 5.75 Å². The number of hydrogen-bond acceptors (Lipinski definition) is 5. The summed E-state index contributed by atoms with van der Waals surface area (Å²) in [5, 5.41) is 13.8. The average molecular weight is 267 g/mol. The Kier molecular flexibility index (Phi) is 3.16. The third-order valence-electron chi connectivity index (χ3n) is 2.96. The fraction of sp³-hybridized carbons (Fsp3) is 0.133. The van der Waals surface area contributed by atoms with Crippen LogP contribution in [0, 0.1) is 6.92 Å². The number of aryl methyl sites for hydroxylation is 1. The van der Waals surface area contributed by atoms with Crippen molar-refractivity contribution in [1.29, 1.82) is 0 Å². The number of nitrogens with zero attached hydrogens (tertiary/aromatic N) is 3. The molecule has 0 radical (unpaired) electrons. The molecule has 0 fully saturated rings. The monoisotopic (exact) mass is 267 g/mol. The number of benzene rings is 1. The van der Waals surface area contributed by atoms with Crippen molar-refractivity contribution in [3.8, 4) is 17.2 Å². The molecule has 5 nitrogen and oxygen atoms in total. The molecule has 1 aromatic carbocycles. The first-order chi connectivity index (χ1) is 9.72. The first-order valence-electron chi connectivity index (χ1n) is 6.24. The minimum Gasteiger partial charge on any atom is -0.507 e. The summed E-state index contributed by atoms with van der Waals surface area (Å²) in [6.45, 7) is 1.91. The molecule has 3 aromatic rings. The Morgan fingerprint density at radius 1 is 1.15 bits per heavy atom. The lowest BCUT2D eigenvalue weighted by atomic mass is 10.1. The van der Waals surface area contributed by atoms with Crippen LogP contribution in [0.5, 0.6) is 5.75 Å². The lowest BCUT2D eigenvalue weighted by molar-refractivity contribution is 0.418. The number of aromatic hydroxyl groups is 1. The van der Waals surface area contributed by atoms with E-state index >= 15 is 0 Å². The van der Waals surface area contributed by atoms with Gasteiger partial charge in [-0.2, -0.15) is 4.98 Å². The molecule has 3 rings (SSSR count). The first kappa shape index (κ1) is 12.3. The molecule has 0 amide bonds. The molecule has 0 saturated heterocycles. The van der Waals surface area contributed by atoms with Gasteiger partial charge in [-0.25, -0.2) is 0 Å². The van der Waals surface area contributed by atoms with Crippen molar-refractivity contribution in [3.05, 3.63) is 59.7 Å². The Morgan fingerprint density at radius 2 is 1.95 bits per heavy atom. The van der Waals surface area contributed by atoms with Gasteiger partial charge in [0.05, 0.1) is 5.56 Å². The molecule has 0 atom stereocenters. The summed E-state index contributed by atoms with van der Waals surface area (Å²) in [6.07, 6.45) is 4.02. The van der Waals surface area contributed by atoms with Crippen LogP contribution in [0.15, 0.2) is 47.2 Å². The van der Waals surface area contributed by atoms with Crippen molar-refractivity contribution in [3.63, 3.8) is 0 Å². The van der Waals surface area contributed by atoms with Crippen LogP contribution in [0.1, 0.15) is 17.0 Å². The quantitative estimate of drug-likeness (QED) is 0.790. The summed E-state index contributed by atoms with van der Waals surface area (Å²) in [5.41, 5.74) is 2.58. The summed E-state index contributed by atoms with van der Waals surface area (Å²) in [6, 6.07) is 9.14. The molecule has 0 aliphatic rings. The van der Waals surface area contributed by atoms with Crippen LogP contribution in [0.2, 0.25) is 0 Å². The van der Waals surface area contributed by atoms with E-state index in [1.54, 1.807) is 24.5 Å². The Bertz CT molecular complexity index is 723. The predicted molar refractivity (Wildman–Crippen MR) is 73.2 cm³/mol. The molecule has 0 bridgehead atoms. The van der Waals surface area contributed by atoms with Crippen LogP contribution in [-0.4, -0.2) is 20.2 Å². The van der Waals surface area contributed by atoms with Crippen molar-refractivity contribution in [2.45, 2.75) is 13.3 Å². The van der Waals surface area contributed by atoms with Crippen LogP contribution in [-0.2, 0) is 6.42 Å². The molecule has 0 aliphatic carbocycles. The fourth-order valence-electron chi connectivity index (χ4n) is 1.94. The number of hydrogen-bond donors (Lipinski definition) is 1. The Morgan fingerprint density at radius 3 is 2.70 bits per heavy atom. The third kappa shape index (κ3) is 2.51. The first-order valence-corrected chi connectivity index (χ1v) is 6.24. The summed E-state index contributed by atoms with van der Waals surface area (Å²) in [5.74, 6) is 1.04. The second-order valence-corrected chi connectivity index (χ2v) is 4.57. The number of phenolic OH excluding ortho intramolecular Hbond substituents is 1.